The number of nitrogens with zero attached hydrogens (tertiary/aromatic N) is 2. The van der Waals surface area contributed by atoms with Crippen molar-refractivity contribution in [1.29, 1.82) is 0 Å². The van der Waals surface area contributed by atoms with Crippen LogP contribution in [0.4, 0.5) is 17.1 Å². The molecule has 7 aromatic rings. The summed E-state index contributed by atoms with van der Waals surface area (Å²) in [5.41, 5.74) is 12.4. The fraction of sp³-hybridized carbons (Fsp3) is 0.174. The number of rotatable bonds is 12. The molecule has 6 aromatic carbocycles. The first-order valence-electron chi connectivity index (χ1n) is 17.6. The third-order valence-electron chi connectivity index (χ3n) is 9.29. The lowest BCUT2D eigenvalue weighted by Gasteiger charge is -2.26. The maximum Gasteiger partial charge on any atom is 0.0541 e. The highest BCUT2D eigenvalue weighted by Crippen LogP contribution is 2.37. The number of aryl methyl sites for hydroxylation is 2. The van der Waals surface area contributed by atoms with Crippen molar-refractivity contribution >= 4 is 51.0 Å². The molecule has 0 amide bonds. The van der Waals surface area contributed by atoms with E-state index in [1.807, 2.05) is 0 Å². The maximum atomic E-state index is 2.42. The van der Waals surface area contributed by atoms with Gasteiger partial charge >= 0.3 is 0 Å². The van der Waals surface area contributed by atoms with Crippen molar-refractivity contribution in [1.82, 2.24) is 4.57 Å². The second-order valence-corrected chi connectivity index (χ2v) is 12.8. The van der Waals surface area contributed by atoms with Gasteiger partial charge in [-0.15, -0.1) is 0 Å². The second-order valence-electron chi connectivity index (χ2n) is 12.8. The Morgan fingerprint density at radius 2 is 0.958 bits per heavy atom. The molecular weight excluding hydrogens is 581 g/mol. The van der Waals surface area contributed by atoms with Crippen LogP contribution in [0.25, 0.3) is 39.6 Å². The van der Waals surface area contributed by atoms with E-state index >= 15 is 0 Å². The number of anilines is 3. The fourth-order valence-electron chi connectivity index (χ4n) is 6.84. The van der Waals surface area contributed by atoms with Crippen LogP contribution < -0.4 is 4.90 Å². The number of unbranched alkanes of at least 4 members (excludes halogenated alkanes) is 2. The van der Waals surface area contributed by atoms with Gasteiger partial charge in [-0.2, -0.15) is 0 Å². The number of hydrogen-bond donors (Lipinski definition) is 0. The Bertz CT molecular complexity index is 2050. The second kappa shape index (κ2) is 14.6. The van der Waals surface area contributed by atoms with E-state index in [-0.39, 0.29) is 0 Å². The van der Waals surface area contributed by atoms with Crippen molar-refractivity contribution in [3.8, 4) is 5.69 Å². The van der Waals surface area contributed by atoms with Crippen molar-refractivity contribution in [3.63, 3.8) is 0 Å². The highest BCUT2D eigenvalue weighted by molar-refractivity contribution is 6.09. The quantitative estimate of drug-likeness (QED) is 0.123. The first-order valence-corrected chi connectivity index (χ1v) is 17.6. The summed E-state index contributed by atoms with van der Waals surface area (Å²) in [6.07, 6.45) is 11.8. The molecule has 48 heavy (non-hydrogen) atoms. The van der Waals surface area contributed by atoms with E-state index in [0.29, 0.717) is 0 Å². The van der Waals surface area contributed by atoms with E-state index in [1.54, 1.807) is 0 Å². The van der Waals surface area contributed by atoms with Crippen LogP contribution in [0.3, 0.4) is 0 Å². The molecule has 0 radical (unpaired) electrons. The van der Waals surface area contributed by atoms with Gasteiger partial charge in [-0.25, -0.2) is 0 Å². The monoisotopic (exact) mass is 624 g/mol. The molecule has 1 aromatic heterocycles. The summed E-state index contributed by atoms with van der Waals surface area (Å²) in [6, 6.07) is 53.0. The molecule has 0 saturated heterocycles. The average molecular weight is 625 g/mol. The van der Waals surface area contributed by atoms with Crippen molar-refractivity contribution in [2.75, 3.05) is 4.90 Å². The molecule has 0 aliphatic rings. The summed E-state index contributed by atoms with van der Waals surface area (Å²) in [5, 5.41) is 2.55. The van der Waals surface area contributed by atoms with Gasteiger partial charge in [-0.3, -0.25) is 0 Å². The van der Waals surface area contributed by atoms with E-state index in [9.17, 15) is 0 Å². The predicted octanol–water partition coefficient (Wildman–Crippen LogP) is 13.1. The third-order valence-corrected chi connectivity index (χ3v) is 9.29. The first-order chi connectivity index (χ1) is 23.7. The molecule has 2 nitrogen and oxygen atoms in total. The van der Waals surface area contributed by atoms with Gasteiger partial charge in [0.2, 0.25) is 0 Å². The lowest BCUT2D eigenvalue weighted by Crippen LogP contribution is -2.10. The topological polar surface area (TPSA) is 8.17 Å². The number of hydrogen-bond acceptors (Lipinski definition) is 1. The minimum Gasteiger partial charge on any atom is -0.311 e. The van der Waals surface area contributed by atoms with E-state index in [4.69, 9.17) is 0 Å². The number of para-hydroxylation sites is 3. The number of fused-ring (bicyclic) bond motifs is 3. The Morgan fingerprint density at radius 1 is 0.479 bits per heavy atom. The van der Waals surface area contributed by atoms with Crippen LogP contribution >= 0.6 is 0 Å². The molecule has 0 saturated carbocycles. The van der Waals surface area contributed by atoms with E-state index < -0.39 is 0 Å². The fourth-order valence-corrected chi connectivity index (χ4v) is 6.84. The molecule has 2 heteroatoms. The average Bonchev–Trinajstić information content (AvgIpc) is 3.48. The van der Waals surface area contributed by atoms with Gasteiger partial charge in [0.15, 0.2) is 0 Å². The van der Waals surface area contributed by atoms with Gasteiger partial charge in [-0.05, 0) is 109 Å². The van der Waals surface area contributed by atoms with Crippen LogP contribution in [0.1, 0.15) is 61.8 Å². The number of aromatic nitrogens is 1. The normalized spacial score (nSPS) is 11.5. The van der Waals surface area contributed by atoms with Crippen LogP contribution in [0.2, 0.25) is 0 Å². The molecule has 0 bridgehead atoms. The Hall–Kier alpha value is -5.34. The van der Waals surface area contributed by atoms with Crippen molar-refractivity contribution < 1.29 is 0 Å². The van der Waals surface area contributed by atoms with Crippen LogP contribution in [-0.2, 0) is 12.8 Å². The highest BCUT2D eigenvalue weighted by atomic mass is 15.1. The van der Waals surface area contributed by atoms with E-state index in [0.717, 1.165) is 35.6 Å². The number of benzene rings is 6. The molecular formula is C46H44N2. The van der Waals surface area contributed by atoms with Crippen LogP contribution in [0.15, 0.2) is 146 Å². The lowest BCUT2D eigenvalue weighted by atomic mass is 9.98. The van der Waals surface area contributed by atoms with E-state index in [1.165, 1.54) is 69.7 Å². The maximum absolute atomic E-state index is 2.42. The first kappa shape index (κ1) is 31.3. The minimum atomic E-state index is 1.12. The smallest absolute Gasteiger partial charge is 0.0541 e. The van der Waals surface area contributed by atoms with Gasteiger partial charge in [0, 0.05) is 33.5 Å². The van der Waals surface area contributed by atoms with E-state index in [2.05, 4.69) is 181 Å². The zero-order valence-electron chi connectivity index (χ0n) is 28.1. The summed E-state index contributed by atoms with van der Waals surface area (Å²) in [4.78, 5) is 2.33. The van der Waals surface area contributed by atoms with Crippen LogP contribution in [0, 0.1) is 0 Å². The molecule has 0 atom stereocenters. The Labute approximate surface area is 285 Å². The van der Waals surface area contributed by atoms with Gasteiger partial charge in [0.1, 0.15) is 0 Å². The third kappa shape index (κ3) is 6.71. The highest BCUT2D eigenvalue weighted by Gasteiger charge is 2.15. The van der Waals surface area contributed by atoms with Gasteiger partial charge < -0.3 is 9.47 Å². The molecule has 0 unspecified atom stereocenters. The molecule has 1 heterocycles. The van der Waals surface area contributed by atoms with Crippen LogP contribution in [0.5, 0.6) is 0 Å². The summed E-state index contributed by atoms with van der Waals surface area (Å²) >= 11 is 0. The summed E-state index contributed by atoms with van der Waals surface area (Å²) < 4.78 is 2.37. The lowest BCUT2D eigenvalue weighted by molar-refractivity contribution is 0.780. The molecule has 0 aliphatic heterocycles. The Morgan fingerprint density at radius 3 is 1.52 bits per heavy atom. The zero-order chi connectivity index (χ0) is 32.7. The standard InChI is InChI=1S/C46H44N2/c1-3-5-14-36-32-37(15-6-4-2)34-38(33-36)23-22-35-24-26-40(27-25-35)47(39-16-8-7-9-17-39)41-28-30-42(31-29-41)48-45-20-12-10-18-43(45)44-19-11-13-21-46(44)48/h7-13,16-34H,3-6,14-15H2,1-2H3/b23-22+. The van der Waals surface area contributed by atoms with Gasteiger partial charge in [-0.1, -0.05) is 124 Å². The molecule has 7 rings (SSSR count). The minimum absolute atomic E-state index is 1.12. The molecule has 0 spiro atoms. The predicted molar refractivity (Wildman–Crippen MR) is 208 cm³/mol. The summed E-state index contributed by atoms with van der Waals surface area (Å²) in [6.45, 7) is 4.54. The summed E-state index contributed by atoms with van der Waals surface area (Å²) in [5.74, 6) is 0. The zero-order valence-corrected chi connectivity index (χ0v) is 28.1. The van der Waals surface area contributed by atoms with Crippen molar-refractivity contribution in [2.45, 2.75) is 52.4 Å². The van der Waals surface area contributed by atoms with Gasteiger partial charge in [0.25, 0.3) is 0 Å². The molecule has 0 aliphatic carbocycles. The molecule has 0 N–H and O–H groups in total. The summed E-state index contributed by atoms with van der Waals surface area (Å²) in [7, 11) is 0. The molecule has 0 fully saturated rings. The van der Waals surface area contributed by atoms with Crippen molar-refractivity contribution in [2.24, 2.45) is 0 Å². The largest absolute Gasteiger partial charge is 0.311 e. The Balaban J connectivity index is 1.19. The van der Waals surface area contributed by atoms with Gasteiger partial charge in [0.05, 0.1) is 11.0 Å². The molecule has 238 valence electrons. The SMILES string of the molecule is CCCCc1cc(/C=C/c2ccc(N(c3ccccc3)c3ccc(-n4c5ccccc5c5ccccc54)cc3)cc2)cc(CCCC)c1. The van der Waals surface area contributed by atoms with Crippen molar-refractivity contribution in [3.05, 3.63) is 168 Å². The van der Waals surface area contributed by atoms with Crippen LogP contribution in [-0.4, -0.2) is 4.57 Å². The Kier molecular flexibility index (Phi) is 9.52.